The van der Waals surface area contributed by atoms with Gasteiger partial charge in [0.05, 0.1) is 11.5 Å². The fourth-order valence-corrected chi connectivity index (χ4v) is 4.15. The predicted molar refractivity (Wildman–Crippen MR) is 76.8 cm³/mol. The van der Waals surface area contributed by atoms with E-state index in [0.717, 1.165) is 19.4 Å². The minimum atomic E-state index is -3.43. The van der Waals surface area contributed by atoms with Gasteiger partial charge in [0.25, 0.3) is 0 Å². The lowest BCUT2D eigenvalue weighted by Gasteiger charge is -2.32. The van der Waals surface area contributed by atoms with Gasteiger partial charge in [-0.15, -0.1) is 0 Å². The van der Waals surface area contributed by atoms with E-state index in [1.54, 1.807) is 4.31 Å². The molecule has 114 valence electrons. The van der Waals surface area contributed by atoms with Crippen molar-refractivity contribution in [1.29, 1.82) is 0 Å². The smallest absolute Gasteiger partial charge is 0.244 e. The molecule has 2 rings (SSSR count). The molecule has 1 saturated heterocycles. The molecule has 1 aromatic rings. The Labute approximate surface area is 120 Å². The fraction of sp³-hybridized carbons (Fsp3) is 0.692. The molecule has 1 aromatic heterocycles. The molecule has 0 bridgehead atoms. The third-order valence-electron chi connectivity index (χ3n) is 3.72. The van der Waals surface area contributed by atoms with Crippen LogP contribution in [0.25, 0.3) is 0 Å². The van der Waals surface area contributed by atoms with Gasteiger partial charge in [-0.2, -0.15) is 4.31 Å². The first kappa shape index (κ1) is 15.5. The lowest BCUT2D eigenvalue weighted by atomic mass is 9.98. The molecule has 2 heterocycles. The van der Waals surface area contributed by atoms with Crippen LogP contribution in [0.1, 0.15) is 18.5 Å². The standard InChI is InChI=1S/C13H23N3O3S/c1-15(2)9-11-3-5-16(6-4-11)20(18,19)13-7-12(10-17)14-8-13/h7-8,11,14,17H,3-6,9-10H2,1-2H3. The number of piperidine rings is 1. The van der Waals surface area contributed by atoms with E-state index in [4.69, 9.17) is 5.11 Å². The van der Waals surface area contributed by atoms with Crippen molar-refractivity contribution < 1.29 is 13.5 Å². The van der Waals surface area contributed by atoms with Gasteiger partial charge in [0.2, 0.25) is 10.0 Å². The highest BCUT2D eigenvalue weighted by Gasteiger charge is 2.30. The van der Waals surface area contributed by atoms with Crippen LogP contribution < -0.4 is 0 Å². The van der Waals surface area contributed by atoms with Crippen LogP contribution in [0.2, 0.25) is 0 Å². The van der Waals surface area contributed by atoms with Crippen molar-refractivity contribution in [1.82, 2.24) is 14.2 Å². The van der Waals surface area contributed by atoms with Gasteiger partial charge in [-0.25, -0.2) is 8.42 Å². The number of aliphatic hydroxyl groups is 1. The zero-order chi connectivity index (χ0) is 14.8. The van der Waals surface area contributed by atoms with E-state index in [1.807, 2.05) is 14.1 Å². The second-order valence-corrected chi connectivity index (χ2v) is 7.57. The van der Waals surface area contributed by atoms with Crippen LogP contribution in [-0.2, 0) is 16.6 Å². The van der Waals surface area contributed by atoms with Gasteiger partial charge in [-0.3, -0.25) is 0 Å². The molecule has 0 radical (unpaired) electrons. The number of nitrogens with one attached hydrogen (secondary N) is 1. The highest BCUT2D eigenvalue weighted by molar-refractivity contribution is 7.89. The van der Waals surface area contributed by atoms with Gasteiger partial charge in [0, 0.05) is 31.5 Å². The summed E-state index contributed by atoms with van der Waals surface area (Å²) in [7, 11) is 0.656. The Hall–Kier alpha value is -0.890. The van der Waals surface area contributed by atoms with Crippen LogP contribution in [0.4, 0.5) is 0 Å². The van der Waals surface area contributed by atoms with Crippen LogP contribution in [0.5, 0.6) is 0 Å². The van der Waals surface area contributed by atoms with Crippen LogP contribution in [0.15, 0.2) is 17.2 Å². The summed E-state index contributed by atoms with van der Waals surface area (Å²) in [6.45, 7) is 1.97. The molecular formula is C13H23N3O3S. The van der Waals surface area contributed by atoms with Crippen molar-refractivity contribution in [3.8, 4) is 0 Å². The van der Waals surface area contributed by atoms with Crippen molar-refractivity contribution in [3.05, 3.63) is 18.0 Å². The number of sulfonamides is 1. The monoisotopic (exact) mass is 301 g/mol. The molecule has 0 amide bonds. The summed E-state index contributed by atoms with van der Waals surface area (Å²) in [6, 6.07) is 1.50. The summed E-state index contributed by atoms with van der Waals surface area (Å²) in [5.74, 6) is 0.565. The molecule has 0 aliphatic carbocycles. The Kier molecular flexibility index (Phi) is 4.85. The summed E-state index contributed by atoms with van der Waals surface area (Å²) in [5.41, 5.74) is 0.520. The van der Waals surface area contributed by atoms with Crippen molar-refractivity contribution in [2.45, 2.75) is 24.3 Å². The number of aliphatic hydroxyl groups excluding tert-OH is 1. The number of aromatic nitrogens is 1. The van der Waals surface area contributed by atoms with E-state index in [1.165, 1.54) is 12.3 Å². The van der Waals surface area contributed by atoms with Gasteiger partial charge in [0.15, 0.2) is 0 Å². The molecule has 20 heavy (non-hydrogen) atoms. The highest BCUT2D eigenvalue weighted by atomic mass is 32.2. The largest absolute Gasteiger partial charge is 0.390 e. The summed E-state index contributed by atoms with van der Waals surface area (Å²) in [5, 5.41) is 9.00. The zero-order valence-corrected chi connectivity index (χ0v) is 12.9. The van der Waals surface area contributed by atoms with Gasteiger partial charge in [0.1, 0.15) is 0 Å². The van der Waals surface area contributed by atoms with Crippen molar-refractivity contribution in [3.63, 3.8) is 0 Å². The third kappa shape index (κ3) is 3.41. The maximum absolute atomic E-state index is 12.5. The number of nitrogens with zero attached hydrogens (tertiary/aromatic N) is 2. The third-order valence-corrected chi connectivity index (χ3v) is 5.60. The van der Waals surface area contributed by atoms with Crippen molar-refractivity contribution in [2.24, 2.45) is 5.92 Å². The van der Waals surface area contributed by atoms with E-state index >= 15 is 0 Å². The predicted octanol–water partition coefficient (Wildman–Crippen LogP) is 0.469. The summed E-state index contributed by atoms with van der Waals surface area (Å²) >= 11 is 0. The Balaban J connectivity index is 2.02. The molecular weight excluding hydrogens is 278 g/mol. The minimum Gasteiger partial charge on any atom is -0.390 e. The Morgan fingerprint density at radius 3 is 2.55 bits per heavy atom. The van der Waals surface area contributed by atoms with E-state index in [0.29, 0.717) is 24.7 Å². The number of aromatic amines is 1. The Morgan fingerprint density at radius 1 is 1.40 bits per heavy atom. The molecule has 0 aromatic carbocycles. The number of H-pyrrole nitrogens is 1. The van der Waals surface area contributed by atoms with E-state index in [2.05, 4.69) is 9.88 Å². The van der Waals surface area contributed by atoms with Crippen molar-refractivity contribution in [2.75, 3.05) is 33.7 Å². The zero-order valence-electron chi connectivity index (χ0n) is 12.0. The first-order chi connectivity index (χ1) is 9.43. The normalized spacial score (nSPS) is 18.8. The molecule has 7 heteroatoms. The van der Waals surface area contributed by atoms with Crippen LogP contribution in [-0.4, -0.2) is 61.4 Å². The van der Waals surface area contributed by atoms with Gasteiger partial charge >= 0.3 is 0 Å². The summed E-state index contributed by atoms with van der Waals surface area (Å²) < 4.78 is 26.5. The molecule has 0 atom stereocenters. The fourth-order valence-electron chi connectivity index (χ4n) is 2.66. The first-order valence-electron chi connectivity index (χ1n) is 6.86. The molecule has 0 unspecified atom stereocenters. The molecule has 1 fully saturated rings. The van der Waals surface area contributed by atoms with Crippen LogP contribution in [0.3, 0.4) is 0 Å². The molecule has 6 nitrogen and oxygen atoms in total. The van der Waals surface area contributed by atoms with E-state index < -0.39 is 10.0 Å². The number of hydrogen-bond donors (Lipinski definition) is 2. The number of rotatable bonds is 5. The van der Waals surface area contributed by atoms with Gasteiger partial charge in [-0.05, 0) is 38.9 Å². The topological polar surface area (TPSA) is 76.6 Å². The lowest BCUT2D eigenvalue weighted by Crippen LogP contribution is -2.40. The SMILES string of the molecule is CN(C)CC1CCN(S(=O)(=O)c2c[nH]c(CO)c2)CC1. The average Bonchev–Trinajstić information content (AvgIpc) is 2.88. The second-order valence-electron chi connectivity index (χ2n) is 5.63. The quantitative estimate of drug-likeness (QED) is 0.829. The van der Waals surface area contributed by atoms with Crippen LogP contribution >= 0.6 is 0 Å². The molecule has 0 saturated carbocycles. The molecule has 1 aliphatic rings. The molecule has 0 spiro atoms. The minimum absolute atomic E-state index is 0.180. The van der Waals surface area contributed by atoms with E-state index in [9.17, 15) is 8.42 Å². The summed E-state index contributed by atoms with van der Waals surface area (Å²) in [6.07, 6.45) is 3.25. The van der Waals surface area contributed by atoms with Gasteiger partial charge in [-0.1, -0.05) is 0 Å². The molecule has 2 N–H and O–H groups in total. The number of hydrogen-bond acceptors (Lipinski definition) is 4. The highest BCUT2D eigenvalue weighted by Crippen LogP contribution is 2.24. The maximum Gasteiger partial charge on any atom is 0.244 e. The lowest BCUT2D eigenvalue weighted by molar-refractivity contribution is 0.225. The first-order valence-corrected chi connectivity index (χ1v) is 8.30. The van der Waals surface area contributed by atoms with Crippen LogP contribution in [0, 0.1) is 5.92 Å². The van der Waals surface area contributed by atoms with Crippen molar-refractivity contribution >= 4 is 10.0 Å². The maximum atomic E-state index is 12.5. The van der Waals surface area contributed by atoms with E-state index in [-0.39, 0.29) is 11.5 Å². The summed E-state index contributed by atoms with van der Waals surface area (Å²) in [4.78, 5) is 5.16. The average molecular weight is 301 g/mol. The second kappa shape index (κ2) is 6.26. The Morgan fingerprint density at radius 2 is 2.05 bits per heavy atom. The molecule has 1 aliphatic heterocycles. The Bertz CT molecular complexity index is 531. The van der Waals surface area contributed by atoms with Gasteiger partial charge < -0.3 is 15.0 Å².